The summed E-state index contributed by atoms with van der Waals surface area (Å²) in [5.41, 5.74) is 1.43. The highest BCUT2D eigenvalue weighted by atomic mass is 32.2. The fourth-order valence-corrected chi connectivity index (χ4v) is 3.64. The van der Waals surface area contributed by atoms with E-state index in [1.165, 1.54) is 35.2 Å². The molecule has 128 valence electrons. The molecule has 8 heteroatoms. The summed E-state index contributed by atoms with van der Waals surface area (Å²) < 4.78 is 13.0. The lowest BCUT2D eigenvalue weighted by molar-refractivity contribution is 0.102. The largest absolute Gasteiger partial charge is 0.296 e. The van der Waals surface area contributed by atoms with Gasteiger partial charge >= 0.3 is 0 Å². The summed E-state index contributed by atoms with van der Waals surface area (Å²) in [5.74, 6) is 0.0553. The van der Waals surface area contributed by atoms with E-state index in [0.717, 1.165) is 17.0 Å². The molecular weight excluding hydrogens is 359 g/mol. The van der Waals surface area contributed by atoms with Crippen molar-refractivity contribution in [3.8, 4) is 0 Å². The first-order valence-corrected chi connectivity index (χ1v) is 9.42. The number of pyridine rings is 1. The summed E-state index contributed by atoms with van der Waals surface area (Å²) in [5, 5.41) is 12.7. The molecule has 0 aliphatic rings. The molecule has 0 radical (unpaired) electrons. The van der Waals surface area contributed by atoms with E-state index in [0.29, 0.717) is 21.5 Å². The molecule has 2 aromatic heterocycles. The number of nitrogens with one attached hydrogen (secondary N) is 1. The zero-order valence-electron chi connectivity index (χ0n) is 13.4. The molecule has 3 aromatic rings. The molecule has 0 spiro atoms. The lowest BCUT2D eigenvalue weighted by atomic mass is 10.2. The fraction of sp³-hybridized carbons (Fsp3) is 0.176. The van der Waals surface area contributed by atoms with Crippen LogP contribution < -0.4 is 5.32 Å². The third kappa shape index (κ3) is 4.61. The van der Waals surface area contributed by atoms with Crippen molar-refractivity contribution in [2.24, 2.45) is 0 Å². The van der Waals surface area contributed by atoms with Gasteiger partial charge in [-0.15, -0.1) is 22.0 Å². The number of carbonyl (C=O) groups excluding carboxylic acids is 1. The lowest BCUT2D eigenvalue weighted by Crippen LogP contribution is -2.13. The van der Waals surface area contributed by atoms with Gasteiger partial charge in [0.05, 0.1) is 5.56 Å². The minimum Gasteiger partial charge on any atom is -0.296 e. The van der Waals surface area contributed by atoms with Gasteiger partial charge in [0.1, 0.15) is 15.9 Å². The SMILES string of the molecule is CCc1nnc(NC(=O)c2cccnc2SCc2ccc(F)cc2)s1. The van der Waals surface area contributed by atoms with E-state index in [1.807, 2.05) is 6.92 Å². The Morgan fingerprint density at radius 1 is 1.24 bits per heavy atom. The van der Waals surface area contributed by atoms with Gasteiger partial charge in [0, 0.05) is 11.9 Å². The van der Waals surface area contributed by atoms with Gasteiger partial charge in [-0.05, 0) is 36.2 Å². The normalized spacial score (nSPS) is 10.6. The predicted molar refractivity (Wildman–Crippen MR) is 97.4 cm³/mol. The summed E-state index contributed by atoms with van der Waals surface area (Å²) in [7, 11) is 0. The van der Waals surface area contributed by atoms with Crippen LogP contribution in [0.4, 0.5) is 9.52 Å². The summed E-state index contributed by atoms with van der Waals surface area (Å²) in [6.07, 6.45) is 2.42. The number of hydrogen-bond donors (Lipinski definition) is 1. The smallest absolute Gasteiger partial charge is 0.260 e. The maximum Gasteiger partial charge on any atom is 0.260 e. The number of rotatable bonds is 6. The molecule has 1 amide bonds. The highest BCUT2D eigenvalue weighted by Gasteiger charge is 2.15. The highest BCUT2D eigenvalue weighted by Crippen LogP contribution is 2.25. The van der Waals surface area contributed by atoms with E-state index < -0.39 is 0 Å². The van der Waals surface area contributed by atoms with E-state index >= 15 is 0 Å². The molecule has 1 N–H and O–H groups in total. The van der Waals surface area contributed by atoms with Crippen LogP contribution in [0.3, 0.4) is 0 Å². The Labute approximate surface area is 152 Å². The van der Waals surface area contributed by atoms with E-state index in [9.17, 15) is 9.18 Å². The van der Waals surface area contributed by atoms with Gasteiger partial charge in [-0.2, -0.15) is 0 Å². The van der Waals surface area contributed by atoms with E-state index in [-0.39, 0.29) is 11.7 Å². The van der Waals surface area contributed by atoms with E-state index in [4.69, 9.17) is 0 Å². The van der Waals surface area contributed by atoms with E-state index in [2.05, 4.69) is 20.5 Å². The van der Waals surface area contributed by atoms with Crippen molar-refractivity contribution in [3.05, 3.63) is 64.5 Å². The lowest BCUT2D eigenvalue weighted by Gasteiger charge is -2.07. The zero-order chi connectivity index (χ0) is 17.6. The number of aryl methyl sites for hydroxylation is 1. The number of aromatic nitrogens is 3. The zero-order valence-corrected chi connectivity index (χ0v) is 15.0. The molecule has 0 atom stereocenters. The quantitative estimate of drug-likeness (QED) is 0.656. The minimum absolute atomic E-state index is 0.268. The van der Waals surface area contributed by atoms with Crippen molar-refractivity contribution in [1.29, 1.82) is 0 Å². The van der Waals surface area contributed by atoms with Crippen molar-refractivity contribution < 1.29 is 9.18 Å². The monoisotopic (exact) mass is 374 g/mol. The van der Waals surface area contributed by atoms with Crippen LogP contribution in [0, 0.1) is 5.82 Å². The van der Waals surface area contributed by atoms with Crippen LogP contribution in [0.15, 0.2) is 47.6 Å². The summed E-state index contributed by atoms with van der Waals surface area (Å²) >= 11 is 2.78. The first-order chi connectivity index (χ1) is 12.2. The van der Waals surface area contributed by atoms with Crippen molar-refractivity contribution in [1.82, 2.24) is 15.2 Å². The van der Waals surface area contributed by atoms with Gasteiger partial charge in [0.15, 0.2) is 0 Å². The van der Waals surface area contributed by atoms with Gasteiger partial charge in [0.25, 0.3) is 5.91 Å². The second-order valence-corrected chi connectivity index (χ2v) is 7.11. The Morgan fingerprint density at radius 2 is 2.04 bits per heavy atom. The Bertz CT molecular complexity index is 867. The highest BCUT2D eigenvalue weighted by molar-refractivity contribution is 7.98. The number of halogens is 1. The average molecular weight is 374 g/mol. The maximum atomic E-state index is 13.0. The van der Waals surface area contributed by atoms with Crippen molar-refractivity contribution in [3.63, 3.8) is 0 Å². The van der Waals surface area contributed by atoms with Crippen molar-refractivity contribution >= 4 is 34.1 Å². The summed E-state index contributed by atoms with van der Waals surface area (Å²) in [6.45, 7) is 1.98. The number of thioether (sulfide) groups is 1. The van der Waals surface area contributed by atoms with Crippen LogP contribution in [0.25, 0.3) is 0 Å². The molecule has 1 aromatic carbocycles. The third-order valence-corrected chi connectivity index (χ3v) is 5.35. The van der Waals surface area contributed by atoms with Gasteiger partial charge in [-0.3, -0.25) is 10.1 Å². The second-order valence-electron chi connectivity index (χ2n) is 5.08. The minimum atomic E-state index is -0.270. The van der Waals surface area contributed by atoms with Crippen LogP contribution in [-0.2, 0) is 12.2 Å². The molecule has 0 fully saturated rings. The molecule has 25 heavy (non-hydrogen) atoms. The Morgan fingerprint density at radius 3 is 2.76 bits per heavy atom. The molecule has 0 saturated heterocycles. The fourth-order valence-electron chi connectivity index (χ4n) is 2.02. The van der Waals surface area contributed by atoms with Gasteiger partial charge < -0.3 is 0 Å². The predicted octanol–water partition coefficient (Wildman–Crippen LogP) is 4.18. The molecule has 0 aliphatic heterocycles. The van der Waals surface area contributed by atoms with Gasteiger partial charge in [0.2, 0.25) is 5.13 Å². The molecule has 0 saturated carbocycles. The average Bonchev–Trinajstić information content (AvgIpc) is 3.09. The van der Waals surface area contributed by atoms with Crippen LogP contribution >= 0.6 is 23.1 Å². The topological polar surface area (TPSA) is 67.8 Å². The molecular formula is C17H15FN4OS2. The number of hydrogen-bond acceptors (Lipinski definition) is 6. The molecule has 5 nitrogen and oxygen atoms in total. The molecule has 0 bridgehead atoms. The number of carbonyl (C=O) groups is 1. The molecule has 3 rings (SSSR count). The van der Waals surface area contributed by atoms with Crippen LogP contribution in [0.1, 0.15) is 27.9 Å². The standard InChI is InChI=1S/C17H15FN4OS2/c1-2-14-21-22-17(25-14)20-15(23)13-4-3-9-19-16(13)24-10-11-5-7-12(18)8-6-11/h3-9H,2,10H2,1H3,(H,20,22,23). The Hall–Kier alpha value is -2.32. The second kappa shape index (κ2) is 8.17. The number of benzene rings is 1. The molecule has 0 unspecified atom stereocenters. The first kappa shape index (κ1) is 17.5. The van der Waals surface area contributed by atoms with Crippen molar-refractivity contribution in [2.75, 3.05) is 5.32 Å². The van der Waals surface area contributed by atoms with Gasteiger partial charge in [-0.1, -0.05) is 30.4 Å². The van der Waals surface area contributed by atoms with Crippen LogP contribution in [0.2, 0.25) is 0 Å². The number of nitrogens with zero attached hydrogens (tertiary/aromatic N) is 3. The molecule has 2 heterocycles. The number of anilines is 1. The van der Waals surface area contributed by atoms with Crippen LogP contribution in [0.5, 0.6) is 0 Å². The number of amides is 1. The Balaban J connectivity index is 1.71. The first-order valence-electron chi connectivity index (χ1n) is 7.61. The third-order valence-electron chi connectivity index (χ3n) is 3.29. The van der Waals surface area contributed by atoms with Gasteiger partial charge in [-0.25, -0.2) is 9.37 Å². The Kier molecular flexibility index (Phi) is 5.72. The summed E-state index contributed by atoms with van der Waals surface area (Å²) in [6, 6.07) is 9.72. The maximum absolute atomic E-state index is 13.0. The van der Waals surface area contributed by atoms with Crippen LogP contribution in [-0.4, -0.2) is 21.1 Å². The summed E-state index contributed by atoms with van der Waals surface area (Å²) in [4.78, 5) is 16.8. The molecule has 0 aliphatic carbocycles. The van der Waals surface area contributed by atoms with E-state index in [1.54, 1.807) is 30.5 Å². The van der Waals surface area contributed by atoms with Crippen molar-refractivity contribution in [2.45, 2.75) is 24.1 Å².